The highest BCUT2D eigenvalue weighted by molar-refractivity contribution is 6.03. The van der Waals surface area contributed by atoms with Crippen LogP contribution in [0.15, 0.2) is 18.2 Å². The minimum absolute atomic E-state index is 0.0141. The van der Waals surface area contributed by atoms with Crippen LogP contribution >= 0.6 is 0 Å². The first-order valence-electron chi connectivity index (χ1n) is 5.80. The number of carbonyl (C=O) groups excluding carboxylic acids is 2. The van der Waals surface area contributed by atoms with E-state index in [2.05, 4.69) is 5.32 Å². The van der Waals surface area contributed by atoms with Crippen LogP contribution in [0.4, 0.5) is 5.69 Å². The molecule has 1 aliphatic heterocycles. The maximum Gasteiger partial charge on any atom is 0.267 e. The molecule has 1 aliphatic rings. The number of amides is 1. The summed E-state index contributed by atoms with van der Waals surface area (Å²) < 4.78 is 5.49. The maximum atomic E-state index is 11.8. The van der Waals surface area contributed by atoms with Crippen molar-refractivity contribution in [3.05, 3.63) is 23.8 Å². The lowest BCUT2D eigenvalue weighted by atomic mass is 10.1. The molecule has 1 atom stereocenters. The Morgan fingerprint density at radius 3 is 2.89 bits per heavy atom. The van der Waals surface area contributed by atoms with E-state index >= 15 is 0 Å². The average Bonchev–Trinajstić information content (AvgIpc) is 2.36. The molecule has 96 valence electrons. The number of Topliss-reactive ketones (excluding diaryl/α,β-unsaturated/α-hetero) is 1. The number of hydrogen-bond acceptors (Lipinski definition) is 4. The Kier molecular flexibility index (Phi) is 3.34. The minimum atomic E-state index is -0.485. The largest absolute Gasteiger partial charge is 0.479 e. The third-order valence-electron chi connectivity index (χ3n) is 2.96. The first-order valence-corrected chi connectivity index (χ1v) is 5.80. The third-order valence-corrected chi connectivity index (χ3v) is 2.96. The highest BCUT2D eigenvalue weighted by atomic mass is 16.5. The Hall–Kier alpha value is -1.88. The zero-order chi connectivity index (χ0) is 13.3. The molecule has 0 spiro atoms. The monoisotopic (exact) mass is 248 g/mol. The molecule has 0 saturated heterocycles. The van der Waals surface area contributed by atoms with Gasteiger partial charge in [0.2, 0.25) is 0 Å². The number of ether oxygens (including phenoxy) is 1. The Balaban J connectivity index is 2.37. The standard InChI is InChI=1S/C13H16N2O3/c1-8-13(17)15(3)10-6-9(11(16)7-14-2)4-5-12(10)18-8/h4-6,8,14H,7H2,1-3H3. The van der Waals surface area contributed by atoms with Gasteiger partial charge in [-0.15, -0.1) is 0 Å². The Bertz CT molecular complexity index is 499. The molecular weight excluding hydrogens is 232 g/mol. The number of hydrogen-bond donors (Lipinski definition) is 1. The summed E-state index contributed by atoms with van der Waals surface area (Å²) in [6.07, 6.45) is -0.485. The van der Waals surface area contributed by atoms with Crippen LogP contribution < -0.4 is 15.0 Å². The maximum absolute atomic E-state index is 11.8. The molecule has 0 aliphatic carbocycles. The van der Waals surface area contributed by atoms with E-state index in [4.69, 9.17) is 4.74 Å². The summed E-state index contributed by atoms with van der Waals surface area (Å²) in [4.78, 5) is 25.1. The Morgan fingerprint density at radius 1 is 1.50 bits per heavy atom. The molecule has 2 rings (SSSR count). The van der Waals surface area contributed by atoms with Gasteiger partial charge in [-0.3, -0.25) is 9.59 Å². The van der Waals surface area contributed by atoms with E-state index in [0.29, 0.717) is 17.0 Å². The first-order chi connectivity index (χ1) is 8.54. The molecule has 0 fully saturated rings. The van der Waals surface area contributed by atoms with Crippen molar-refractivity contribution in [3.63, 3.8) is 0 Å². The number of anilines is 1. The Labute approximate surface area is 106 Å². The van der Waals surface area contributed by atoms with E-state index in [9.17, 15) is 9.59 Å². The number of fused-ring (bicyclic) bond motifs is 1. The van der Waals surface area contributed by atoms with E-state index in [1.165, 1.54) is 4.90 Å². The van der Waals surface area contributed by atoms with Gasteiger partial charge in [0.15, 0.2) is 11.9 Å². The second-order valence-corrected chi connectivity index (χ2v) is 4.29. The van der Waals surface area contributed by atoms with Crippen molar-refractivity contribution in [2.45, 2.75) is 13.0 Å². The number of ketones is 1. The van der Waals surface area contributed by atoms with E-state index in [-0.39, 0.29) is 18.2 Å². The zero-order valence-corrected chi connectivity index (χ0v) is 10.7. The minimum Gasteiger partial charge on any atom is -0.479 e. The number of nitrogens with zero attached hydrogens (tertiary/aromatic N) is 1. The molecule has 0 aromatic heterocycles. The van der Waals surface area contributed by atoms with Crippen molar-refractivity contribution in [3.8, 4) is 5.75 Å². The smallest absolute Gasteiger partial charge is 0.267 e. The second kappa shape index (κ2) is 4.78. The van der Waals surface area contributed by atoms with Crippen molar-refractivity contribution in [2.75, 3.05) is 25.5 Å². The normalized spacial score (nSPS) is 18.3. The first kappa shape index (κ1) is 12.6. The van der Waals surface area contributed by atoms with E-state index in [1.54, 1.807) is 39.2 Å². The lowest BCUT2D eigenvalue weighted by Gasteiger charge is -2.30. The summed E-state index contributed by atoms with van der Waals surface area (Å²) in [6, 6.07) is 5.14. The van der Waals surface area contributed by atoms with Crippen LogP contribution in [0.1, 0.15) is 17.3 Å². The van der Waals surface area contributed by atoms with Crippen molar-refractivity contribution >= 4 is 17.4 Å². The molecule has 1 unspecified atom stereocenters. The van der Waals surface area contributed by atoms with Crippen LogP contribution in [0.2, 0.25) is 0 Å². The fourth-order valence-electron chi connectivity index (χ4n) is 1.95. The summed E-state index contributed by atoms with van der Waals surface area (Å²) in [6.45, 7) is 1.98. The van der Waals surface area contributed by atoms with Crippen LogP contribution in [-0.2, 0) is 4.79 Å². The number of nitrogens with one attached hydrogen (secondary N) is 1. The molecule has 0 saturated carbocycles. The number of likely N-dealkylation sites (N-methyl/N-ethyl adjacent to an activating group) is 2. The van der Waals surface area contributed by atoms with Crippen molar-refractivity contribution in [1.29, 1.82) is 0 Å². The number of carbonyl (C=O) groups is 2. The molecule has 1 heterocycles. The van der Waals surface area contributed by atoms with Gasteiger partial charge in [0.25, 0.3) is 5.91 Å². The predicted molar refractivity (Wildman–Crippen MR) is 68.2 cm³/mol. The molecule has 1 aromatic rings. The lowest BCUT2D eigenvalue weighted by molar-refractivity contribution is -0.125. The van der Waals surface area contributed by atoms with E-state index in [1.807, 2.05) is 0 Å². The zero-order valence-electron chi connectivity index (χ0n) is 10.7. The van der Waals surface area contributed by atoms with Gasteiger partial charge in [0.05, 0.1) is 12.2 Å². The molecular formula is C13H16N2O3. The van der Waals surface area contributed by atoms with Crippen molar-refractivity contribution in [1.82, 2.24) is 5.32 Å². The predicted octanol–water partition coefficient (Wildman–Crippen LogP) is 0.832. The molecule has 1 N–H and O–H groups in total. The summed E-state index contributed by atoms with van der Waals surface area (Å²) in [7, 11) is 3.41. The van der Waals surface area contributed by atoms with Gasteiger partial charge in [-0.05, 0) is 32.2 Å². The Morgan fingerprint density at radius 2 is 2.22 bits per heavy atom. The van der Waals surface area contributed by atoms with Crippen LogP contribution in [0.5, 0.6) is 5.75 Å². The highest BCUT2D eigenvalue weighted by Gasteiger charge is 2.29. The van der Waals surface area contributed by atoms with Crippen molar-refractivity contribution < 1.29 is 14.3 Å². The van der Waals surface area contributed by atoms with Crippen LogP contribution in [0.25, 0.3) is 0 Å². The quantitative estimate of drug-likeness (QED) is 0.805. The lowest BCUT2D eigenvalue weighted by Crippen LogP contribution is -2.42. The topological polar surface area (TPSA) is 58.6 Å². The van der Waals surface area contributed by atoms with Gasteiger partial charge >= 0.3 is 0 Å². The molecule has 1 aromatic carbocycles. The van der Waals surface area contributed by atoms with Crippen molar-refractivity contribution in [2.24, 2.45) is 0 Å². The molecule has 0 bridgehead atoms. The summed E-state index contributed by atoms with van der Waals surface area (Å²) in [5, 5.41) is 2.81. The second-order valence-electron chi connectivity index (χ2n) is 4.29. The van der Waals surface area contributed by atoms with Gasteiger partial charge in [-0.1, -0.05) is 0 Å². The third kappa shape index (κ3) is 2.09. The fourth-order valence-corrected chi connectivity index (χ4v) is 1.95. The summed E-state index contributed by atoms with van der Waals surface area (Å²) in [5.74, 6) is 0.506. The SMILES string of the molecule is CNCC(=O)c1ccc2c(c1)N(C)C(=O)C(C)O2. The number of rotatable bonds is 3. The average molecular weight is 248 g/mol. The van der Waals surface area contributed by atoms with Gasteiger partial charge in [-0.25, -0.2) is 0 Å². The van der Waals surface area contributed by atoms with E-state index in [0.717, 1.165) is 0 Å². The van der Waals surface area contributed by atoms with E-state index < -0.39 is 6.10 Å². The molecule has 18 heavy (non-hydrogen) atoms. The summed E-state index contributed by atoms with van der Waals surface area (Å²) in [5.41, 5.74) is 1.21. The number of benzene rings is 1. The molecule has 0 radical (unpaired) electrons. The van der Waals surface area contributed by atoms with Gasteiger partial charge in [0.1, 0.15) is 5.75 Å². The molecule has 5 heteroatoms. The van der Waals surface area contributed by atoms with Gasteiger partial charge in [0, 0.05) is 12.6 Å². The van der Waals surface area contributed by atoms with Crippen LogP contribution in [-0.4, -0.2) is 38.4 Å². The highest BCUT2D eigenvalue weighted by Crippen LogP contribution is 2.33. The van der Waals surface area contributed by atoms with Crippen LogP contribution in [0, 0.1) is 0 Å². The summed E-state index contributed by atoms with van der Waals surface area (Å²) >= 11 is 0. The van der Waals surface area contributed by atoms with Crippen LogP contribution in [0.3, 0.4) is 0 Å². The van der Waals surface area contributed by atoms with Gasteiger partial charge in [-0.2, -0.15) is 0 Å². The fraction of sp³-hybridized carbons (Fsp3) is 0.385. The molecule has 1 amide bonds. The van der Waals surface area contributed by atoms with Gasteiger partial charge < -0.3 is 15.0 Å². The molecule has 5 nitrogen and oxygen atoms in total.